The van der Waals surface area contributed by atoms with Crippen molar-refractivity contribution in [2.24, 2.45) is 0 Å². The number of para-hydroxylation sites is 1. The molecule has 6 heteroatoms. The number of rotatable bonds is 7. The Bertz CT molecular complexity index is 1130. The van der Waals surface area contributed by atoms with Gasteiger partial charge in [-0.1, -0.05) is 48.5 Å². The van der Waals surface area contributed by atoms with E-state index in [1.54, 1.807) is 31.4 Å². The van der Waals surface area contributed by atoms with Crippen LogP contribution in [0.1, 0.15) is 47.8 Å². The quantitative estimate of drug-likeness (QED) is 0.509. The summed E-state index contributed by atoms with van der Waals surface area (Å²) in [5.41, 5.74) is 2.24. The van der Waals surface area contributed by atoms with Gasteiger partial charge in [-0.2, -0.15) is 0 Å². The first-order chi connectivity index (χ1) is 15.9. The van der Waals surface area contributed by atoms with Crippen molar-refractivity contribution in [3.05, 3.63) is 95.6 Å². The Hall–Kier alpha value is -3.64. The zero-order chi connectivity index (χ0) is 23.4. The standard InChI is InChI=1S/C27H28N2O4/c1-27(2)26(31)29(33-18-19-9-5-4-6-10-19)24(22-11-7-8-12-23(22)28-27)17-25(30)20-13-15-21(32-3)16-14-20/h4-16,24,28H,17-18H2,1-3H3/t24-/m1/s1. The SMILES string of the molecule is COc1ccc(C(=O)C[C@@H]2c3ccccc3NC(C)(C)C(=O)N2OCc2ccccc2)cc1. The summed E-state index contributed by atoms with van der Waals surface area (Å²) in [5, 5.41) is 4.72. The molecule has 0 spiro atoms. The lowest BCUT2D eigenvalue weighted by Crippen LogP contribution is -2.49. The molecule has 1 heterocycles. The maximum Gasteiger partial charge on any atom is 0.271 e. The number of fused-ring (bicyclic) bond motifs is 1. The van der Waals surface area contributed by atoms with Gasteiger partial charge in [-0.3, -0.25) is 14.4 Å². The topological polar surface area (TPSA) is 67.9 Å². The Morgan fingerprint density at radius 1 is 0.970 bits per heavy atom. The van der Waals surface area contributed by atoms with Crippen molar-refractivity contribution in [3.63, 3.8) is 0 Å². The van der Waals surface area contributed by atoms with Crippen molar-refractivity contribution < 1.29 is 19.2 Å². The van der Waals surface area contributed by atoms with E-state index in [2.05, 4.69) is 5.32 Å². The van der Waals surface area contributed by atoms with Crippen LogP contribution in [0.25, 0.3) is 0 Å². The van der Waals surface area contributed by atoms with E-state index in [1.807, 2.05) is 68.4 Å². The molecule has 1 amide bonds. The van der Waals surface area contributed by atoms with Crippen LogP contribution in [0.3, 0.4) is 0 Å². The van der Waals surface area contributed by atoms with Crippen molar-refractivity contribution in [3.8, 4) is 5.75 Å². The Labute approximate surface area is 194 Å². The highest BCUT2D eigenvalue weighted by molar-refractivity contribution is 5.98. The molecule has 3 aromatic rings. The van der Waals surface area contributed by atoms with Gasteiger partial charge in [0.25, 0.3) is 5.91 Å². The van der Waals surface area contributed by atoms with Crippen LogP contribution in [0.4, 0.5) is 5.69 Å². The van der Waals surface area contributed by atoms with Gasteiger partial charge >= 0.3 is 0 Å². The fourth-order valence-corrected chi connectivity index (χ4v) is 3.97. The molecule has 0 fully saturated rings. The highest BCUT2D eigenvalue weighted by Crippen LogP contribution is 2.38. The number of hydrogen-bond acceptors (Lipinski definition) is 5. The zero-order valence-electron chi connectivity index (χ0n) is 19.1. The third-order valence-electron chi connectivity index (χ3n) is 5.79. The van der Waals surface area contributed by atoms with Crippen LogP contribution in [-0.2, 0) is 16.2 Å². The molecule has 0 saturated heterocycles. The van der Waals surface area contributed by atoms with E-state index >= 15 is 0 Å². The van der Waals surface area contributed by atoms with Crippen LogP contribution in [0.2, 0.25) is 0 Å². The first-order valence-electron chi connectivity index (χ1n) is 10.9. The summed E-state index contributed by atoms with van der Waals surface area (Å²) in [4.78, 5) is 33.0. The summed E-state index contributed by atoms with van der Waals surface area (Å²) >= 11 is 0. The van der Waals surface area contributed by atoms with Crippen molar-refractivity contribution >= 4 is 17.4 Å². The van der Waals surface area contributed by atoms with E-state index in [4.69, 9.17) is 9.57 Å². The van der Waals surface area contributed by atoms with Gasteiger partial charge in [0.15, 0.2) is 5.78 Å². The molecule has 1 N–H and O–H groups in total. The van der Waals surface area contributed by atoms with Gasteiger partial charge in [-0.25, -0.2) is 5.06 Å². The molecular weight excluding hydrogens is 416 g/mol. The second kappa shape index (κ2) is 9.46. The Kier molecular flexibility index (Phi) is 6.47. The Morgan fingerprint density at radius 2 is 1.64 bits per heavy atom. The van der Waals surface area contributed by atoms with E-state index in [9.17, 15) is 9.59 Å². The van der Waals surface area contributed by atoms with Crippen LogP contribution in [-0.4, -0.2) is 29.4 Å². The number of hydrogen-bond donors (Lipinski definition) is 1. The Morgan fingerprint density at radius 3 is 2.33 bits per heavy atom. The molecule has 4 rings (SSSR count). The van der Waals surface area contributed by atoms with Crippen molar-refractivity contribution in [1.82, 2.24) is 5.06 Å². The number of Topliss-reactive ketones (excluding diaryl/α,β-unsaturated/α-hetero) is 1. The van der Waals surface area contributed by atoms with Crippen molar-refractivity contribution in [2.75, 3.05) is 12.4 Å². The third-order valence-corrected chi connectivity index (χ3v) is 5.79. The number of nitrogens with one attached hydrogen (secondary N) is 1. The maximum atomic E-state index is 13.6. The number of ether oxygens (including phenoxy) is 1. The monoisotopic (exact) mass is 444 g/mol. The minimum Gasteiger partial charge on any atom is -0.497 e. The third kappa shape index (κ3) is 4.91. The minimum atomic E-state index is -0.912. The summed E-state index contributed by atoms with van der Waals surface area (Å²) in [5.74, 6) is 0.362. The number of benzene rings is 3. The van der Waals surface area contributed by atoms with Gasteiger partial charge in [-0.05, 0) is 49.7 Å². The minimum absolute atomic E-state index is 0.0849. The molecule has 6 nitrogen and oxygen atoms in total. The molecule has 0 unspecified atom stereocenters. The molecule has 1 atom stereocenters. The molecule has 1 aliphatic rings. The van der Waals surface area contributed by atoms with Crippen LogP contribution in [0.15, 0.2) is 78.9 Å². The molecule has 3 aromatic carbocycles. The molecule has 33 heavy (non-hydrogen) atoms. The Balaban J connectivity index is 1.69. The molecule has 170 valence electrons. The first-order valence-corrected chi connectivity index (χ1v) is 10.9. The lowest BCUT2D eigenvalue weighted by Gasteiger charge is -2.33. The maximum absolute atomic E-state index is 13.6. The average Bonchev–Trinajstić information content (AvgIpc) is 2.91. The van der Waals surface area contributed by atoms with Gasteiger partial charge in [-0.15, -0.1) is 0 Å². The highest BCUT2D eigenvalue weighted by atomic mass is 16.7. The lowest BCUT2D eigenvalue weighted by atomic mass is 9.96. The van der Waals surface area contributed by atoms with E-state index in [0.29, 0.717) is 11.3 Å². The number of ketones is 1. The number of carbonyl (C=O) groups excluding carboxylic acids is 2. The first kappa shape index (κ1) is 22.6. The van der Waals surface area contributed by atoms with E-state index in [-0.39, 0.29) is 24.7 Å². The van der Waals surface area contributed by atoms with Gasteiger partial charge in [0.2, 0.25) is 0 Å². The normalized spacial score (nSPS) is 17.0. The molecule has 0 aliphatic carbocycles. The zero-order valence-corrected chi connectivity index (χ0v) is 19.1. The molecule has 1 aliphatic heterocycles. The second-order valence-corrected chi connectivity index (χ2v) is 8.60. The largest absolute Gasteiger partial charge is 0.497 e. The summed E-state index contributed by atoms with van der Waals surface area (Å²) in [6, 6.07) is 23.8. The van der Waals surface area contributed by atoms with Crippen LogP contribution < -0.4 is 10.1 Å². The number of hydroxylamine groups is 2. The van der Waals surface area contributed by atoms with Crippen LogP contribution >= 0.6 is 0 Å². The number of methoxy groups -OCH3 is 1. The van der Waals surface area contributed by atoms with E-state index in [1.165, 1.54) is 5.06 Å². The summed E-state index contributed by atoms with van der Waals surface area (Å²) in [7, 11) is 1.58. The molecule has 0 saturated carbocycles. The average molecular weight is 445 g/mol. The fraction of sp³-hybridized carbons (Fsp3) is 0.259. The number of nitrogens with zero attached hydrogens (tertiary/aromatic N) is 1. The predicted molar refractivity (Wildman–Crippen MR) is 127 cm³/mol. The van der Waals surface area contributed by atoms with Gasteiger partial charge in [0.1, 0.15) is 17.9 Å². The van der Waals surface area contributed by atoms with Crippen molar-refractivity contribution in [2.45, 2.75) is 38.5 Å². The lowest BCUT2D eigenvalue weighted by molar-refractivity contribution is -0.209. The summed E-state index contributed by atoms with van der Waals surface area (Å²) in [6.07, 6.45) is 0.0850. The van der Waals surface area contributed by atoms with Crippen molar-refractivity contribution in [1.29, 1.82) is 0 Å². The number of amides is 1. The molecule has 0 bridgehead atoms. The number of carbonyl (C=O) groups is 2. The molecular formula is C27H28N2O4. The summed E-state index contributed by atoms with van der Waals surface area (Å²) < 4.78 is 5.20. The van der Waals surface area contributed by atoms with Gasteiger partial charge in [0, 0.05) is 23.2 Å². The van der Waals surface area contributed by atoms with Crippen LogP contribution in [0, 0.1) is 0 Å². The number of anilines is 1. The van der Waals surface area contributed by atoms with Crippen LogP contribution in [0.5, 0.6) is 5.75 Å². The van der Waals surface area contributed by atoms with E-state index < -0.39 is 11.6 Å². The fourth-order valence-electron chi connectivity index (χ4n) is 3.97. The highest BCUT2D eigenvalue weighted by Gasteiger charge is 2.42. The second-order valence-electron chi connectivity index (χ2n) is 8.60. The predicted octanol–water partition coefficient (Wildman–Crippen LogP) is 5.17. The summed E-state index contributed by atoms with van der Waals surface area (Å²) in [6.45, 7) is 3.86. The van der Waals surface area contributed by atoms with Gasteiger partial charge < -0.3 is 10.1 Å². The van der Waals surface area contributed by atoms with E-state index in [0.717, 1.165) is 16.8 Å². The molecule has 0 aromatic heterocycles. The molecule has 0 radical (unpaired) electrons. The smallest absolute Gasteiger partial charge is 0.271 e. The van der Waals surface area contributed by atoms with Gasteiger partial charge in [0.05, 0.1) is 13.2 Å².